The molecule has 1 aromatic heterocycles. The second kappa shape index (κ2) is 3.95. The van der Waals surface area contributed by atoms with Crippen molar-refractivity contribution >= 4 is 27.3 Å². The molecule has 2 unspecified atom stereocenters. The molecule has 0 radical (unpaired) electrons. The highest BCUT2D eigenvalue weighted by Crippen LogP contribution is 2.43. The van der Waals surface area contributed by atoms with Crippen molar-refractivity contribution in [3.8, 4) is 0 Å². The van der Waals surface area contributed by atoms with Gasteiger partial charge in [-0.15, -0.1) is 0 Å². The van der Waals surface area contributed by atoms with E-state index in [2.05, 4.69) is 28.2 Å². The second-order valence-electron chi connectivity index (χ2n) is 4.37. The van der Waals surface area contributed by atoms with Gasteiger partial charge in [0.05, 0.1) is 5.60 Å². The molecule has 1 heterocycles. The summed E-state index contributed by atoms with van der Waals surface area (Å²) < 4.78 is 1.07. The standard InChI is InChI=1S/C11H15BrOS/c1-8-3-2-4-11(13,5-8)9-6-14-7-10(9)12/h6-8,13H,2-5H2,1H3. The van der Waals surface area contributed by atoms with Crippen molar-refractivity contribution in [2.45, 2.75) is 38.2 Å². The van der Waals surface area contributed by atoms with Gasteiger partial charge >= 0.3 is 0 Å². The number of aliphatic hydroxyl groups is 1. The third kappa shape index (κ3) is 1.90. The first-order chi connectivity index (χ1) is 6.62. The predicted octanol–water partition coefficient (Wildman–Crippen LogP) is 3.91. The van der Waals surface area contributed by atoms with Crippen LogP contribution in [0.15, 0.2) is 15.2 Å². The van der Waals surface area contributed by atoms with Gasteiger partial charge in [0.15, 0.2) is 0 Å². The molecule has 1 aliphatic rings. The molecule has 0 aliphatic heterocycles. The van der Waals surface area contributed by atoms with Crippen LogP contribution in [0.3, 0.4) is 0 Å². The van der Waals surface area contributed by atoms with Crippen LogP contribution < -0.4 is 0 Å². The zero-order valence-electron chi connectivity index (χ0n) is 8.29. The largest absolute Gasteiger partial charge is 0.385 e. The van der Waals surface area contributed by atoms with Gasteiger partial charge in [0.1, 0.15) is 0 Å². The lowest BCUT2D eigenvalue weighted by Crippen LogP contribution is -2.31. The van der Waals surface area contributed by atoms with E-state index in [-0.39, 0.29) is 0 Å². The Balaban J connectivity index is 2.27. The maximum atomic E-state index is 10.6. The summed E-state index contributed by atoms with van der Waals surface area (Å²) in [5, 5.41) is 14.7. The van der Waals surface area contributed by atoms with Crippen LogP contribution in [0.2, 0.25) is 0 Å². The first-order valence-corrected chi connectivity index (χ1v) is 6.80. The Bertz CT molecular complexity index is 323. The van der Waals surface area contributed by atoms with Gasteiger partial charge in [-0.3, -0.25) is 0 Å². The first-order valence-electron chi connectivity index (χ1n) is 5.06. The molecular formula is C11H15BrOS. The van der Waals surface area contributed by atoms with E-state index < -0.39 is 5.60 Å². The Hall–Kier alpha value is 0.140. The van der Waals surface area contributed by atoms with Crippen LogP contribution in [0.1, 0.15) is 38.2 Å². The van der Waals surface area contributed by atoms with E-state index in [0.29, 0.717) is 5.92 Å². The third-order valence-electron chi connectivity index (χ3n) is 3.09. The Labute approximate surface area is 97.3 Å². The molecule has 0 saturated heterocycles. The van der Waals surface area contributed by atoms with Crippen molar-refractivity contribution in [2.24, 2.45) is 5.92 Å². The molecule has 1 saturated carbocycles. The minimum Gasteiger partial charge on any atom is -0.385 e. The fraction of sp³-hybridized carbons (Fsp3) is 0.636. The van der Waals surface area contributed by atoms with E-state index in [1.54, 1.807) is 11.3 Å². The predicted molar refractivity (Wildman–Crippen MR) is 63.5 cm³/mol. The molecule has 1 fully saturated rings. The highest BCUT2D eigenvalue weighted by molar-refractivity contribution is 9.10. The normalized spacial score (nSPS) is 33.2. The highest BCUT2D eigenvalue weighted by Gasteiger charge is 2.35. The summed E-state index contributed by atoms with van der Waals surface area (Å²) in [5.74, 6) is 0.639. The fourth-order valence-electron chi connectivity index (χ4n) is 2.38. The van der Waals surface area contributed by atoms with E-state index >= 15 is 0 Å². The molecule has 1 aromatic rings. The van der Waals surface area contributed by atoms with Crippen LogP contribution in [-0.4, -0.2) is 5.11 Å². The number of halogens is 1. The lowest BCUT2D eigenvalue weighted by Gasteiger charge is -2.35. The van der Waals surface area contributed by atoms with E-state index in [1.165, 1.54) is 6.42 Å². The topological polar surface area (TPSA) is 20.2 Å². The molecule has 14 heavy (non-hydrogen) atoms. The summed E-state index contributed by atoms with van der Waals surface area (Å²) in [6.45, 7) is 2.23. The molecule has 2 rings (SSSR count). The van der Waals surface area contributed by atoms with Gasteiger partial charge in [0.25, 0.3) is 0 Å². The quantitative estimate of drug-likeness (QED) is 0.824. The molecule has 0 aromatic carbocycles. The average Bonchev–Trinajstić information content (AvgIpc) is 2.51. The molecule has 0 amide bonds. The van der Waals surface area contributed by atoms with Gasteiger partial charge in [-0.2, -0.15) is 11.3 Å². The van der Waals surface area contributed by atoms with Gasteiger partial charge < -0.3 is 5.11 Å². The van der Waals surface area contributed by atoms with Crippen LogP contribution in [0.4, 0.5) is 0 Å². The number of hydrogen-bond donors (Lipinski definition) is 1. The summed E-state index contributed by atoms with van der Waals surface area (Å²) in [6, 6.07) is 0. The molecule has 1 N–H and O–H groups in total. The van der Waals surface area contributed by atoms with Crippen LogP contribution in [0, 0.1) is 5.92 Å². The van der Waals surface area contributed by atoms with Crippen LogP contribution in [0.5, 0.6) is 0 Å². The molecule has 0 bridgehead atoms. The van der Waals surface area contributed by atoms with Gasteiger partial charge in [0.2, 0.25) is 0 Å². The number of thiophene rings is 1. The maximum absolute atomic E-state index is 10.6. The molecule has 3 heteroatoms. The SMILES string of the molecule is CC1CCCC(O)(c2cscc2Br)C1. The molecule has 0 spiro atoms. The van der Waals surface area contributed by atoms with Crippen LogP contribution in [-0.2, 0) is 5.60 Å². The van der Waals surface area contributed by atoms with Crippen molar-refractivity contribution in [1.29, 1.82) is 0 Å². The maximum Gasteiger partial charge on any atom is 0.0918 e. The second-order valence-corrected chi connectivity index (χ2v) is 5.96. The smallest absolute Gasteiger partial charge is 0.0918 e. The minimum atomic E-state index is -0.573. The molecular weight excluding hydrogens is 260 g/mol. The van der Waals surface area contributed by atoms with Crippen molar-refractivity contribution in [3.05, 3.63) is 20.8 Å². The summed E-state index contributed by atoms with van der Waals surface area (Å²) >= 11 is 5.16. The number of rotatable bonds is 1. The van der Waals surface area contributed by atoms with Gasteiger partial charge in [0, 0.05) is 15.4 Å². The van der Waals surface area contributed by atoms with Crippen molar-refractivity contribution in [2.75, 3.05) is 0 Å². The molecule has 1 nitrogen and oxygen atoms in total. The first kappa shape index (κ1) is 10.7. The monoisotopic (exact) mass is 274 g/mol. The van der Waals surface area contributed by atoms with E-state index in [0.717, 1.165) is 29.3 Å². The van der Waals surface area contributed by atoms with E-state index in [1.807, 2.05) is 5.38 Å². The Morgan fingerprint density at radius 2 is 2.36 bits per heavy atom. The molecule has 78 valence electrons. The van der Waals surface area contributed by atoms with Crippen molar-refractivity contribution in [3.63, 3.8) is 0 Å². The van der Waals surface area contributed by atoms with Gasteiger partial charge in [-0.1, -0.05) is 13.3 Å². The Morgan fingerprint density at radius 1 is 1.57 bits per heavy atom. The van der Waals surface area contributed by atoms with Gasteiger partial charge in [-0.25, -0.2) is 0 Å². The van der Waals surface area contributed by atoms with E-state index in [4.69, 9.17) is 0 Å². The summed E-state index contributed by atoms with van der Waals surface area (Å²) in [4.78, 5) is 0. The van der Waals surface area contributed by atoms with Crippen LogP contribution in [0.25, 0.3) is 0 Å². The molecule has 1 aliphatic carbocycles. The van der Waals surface area contributed by atoms with Crippen molar-refractivity contribution < 1.29 is 5.11 Å². The van der Waals surface area contributed by atoms with Gasteiger partial charge in [-0.05, 0) is 46.5 Å². The van der Waals surface area contributed by atoms with Crippen LogP contribution >= 0.6 is 27.3 Å². The highest BCUT2D eigenvalue weighted by atomic mass is 79.9. The minimum absolute atomic E-state index is 0.573. The Morgan fingerprint density at radius 3 is 2.93 bits per heavy atom. The summed E-state index contributed by atoms with van der Waals surface area (Å²) in [5.41, 5.74) is 0.519. The average molecular weight is 275 g/mol. The summed E-state index contributed by atoms with van der Waals surface area (Å²) in [7, 11) is 0. The van der Waals surface area contributed by atoms with Crippen molar-refractivity contribution in [1.82, 2.24) is 0 Å². The Kier molecular flexibility index (Phi) is 3.01. The lowest BCUT2D eigenvalue weighted by atomic mass is 9.76. The zero-order chi connectivity index (χ0) is 10.2. The summed E-state index contributed by atoms with van der Waals surface area (Å²) in [6.07, 6.45) is 4.21. The third-order valence-corrected chi connectivity index (χ3v) is 4.79. The van der Waals surface area contributed by atoms with E-state index in [9.17, 15) is 5.11 Å². The lowest BCUT2D eigenvalue weighted by molar-refractivity contribution is -0.0181. The zero-order valence-corrected chi connectivity index (χ0v) is 10.7. The fourth-order valence-corrected chi connectivity index (χ4v) is 4.14. The molecule has 2 atom stereocenters. The number of hydrogen-bond acceptors (Lipinski definition) is 2.